The number of amides is 1. The van der Waals surface area contributed by atoms with Crippen LogP contribution in [0.4, 0.5) is 5.69 Å². The molecule has 1 unspecified atom stereocenters. The van der Waals surface area contributed by atoms with E-state index < -0.39 is 0 Å². The lowest BCUT2D eigenvalue weighted by Crippen LogP contribution is -2.35. The van der Waals surface area contributed by atoms with E-state index in [4.69, 9.17) is 9.47 Å². The van der Waals surface area contributed by atoms with E-state index >= 15 is 0 Å². The van der Waals surface area contributed by atoms with Gasteiger partial charge in [0.25, 0.3) is 0 Å². The summed E-state index contributed by atoms with van der Waals surface area (Å²) in [7, 11) is 0. The van der Waals surface area contributed by atoms with Crippen molar-refractivity contribution in [2.75, 3.05) is 31.7 Å². The normalized spacial score (nSPS) is 21.1. The molecule has 2 aliphatic rings. The SMILES string of the molecule is Cc1ccc(NC(=O)C2CCCN2)cc1OCC1CCOCC1.Cl. The van der Waals surface area contributed by atoms with Crippen molar-refractivity contribution < 1.29 is 14.3 Å². The minimum Gasteiger partial charge on any atom is -0.493 e. The van der Waals surface area contributed by atoms with Crippen molar-refractivity contribution in [1.82, 2.24) is 5.32 Å². The maximum absolute atomic E-state index is 12.2. The second-order valence-corrected chi connectivity index (χ2v) is 6.49. The van der Waals surface area contributed by atoms with Crippen molar-refractivity contribution in [3.8, 4) is 5.75 Å². The summed E-state index contributed by atoms with van der Waals surface area (Å²) < 4.78 is 11.4. The van der Waals surface area contributed by atoms with Gasteiger partial charge < -0.3 is 20.1 Å². The number of halogens is 1. The fourth-order valence-corrected chi connectivity index (χ4v) is 3.09. The van der Waals surface area contributed by atoms with E-state index in [1.54, 1.807) is 0 Å². The Morgan fingerprint density at radius 2 is 2.12 bits per heavy atom. The van der Waals surface area contributed by atoms with E-state index in [2.05, 4.69) is 10.6 Å². The Bertz CT molecular complexity index is 541. The molecule has 1 aromatic rings. The Kier molecular flexibility index (Phi) is 7.34. The average Bonchev–Trinajstić information content (AvgIpc) is 3.11. The highest BCUT2D eigenvalue weighted by Crippen LogP contribution is 2.25. The number of rotatable bonds is 5. The van der Waals surface area contributed by atoms with Gasteiger partial charge in [-0.25, -0.2) is 0 Å². The molecule has 1 amide bonds. The monoisotopic (exact) mass is 354 g/mol. The van der Waals surface area contributed by atoms with Crippen molar-refractivity contribution >= 4 is 24.0 Å². The van der Waals surface area contributed by atoms with Crippen LogP contribution in [0, 0.1) is 12.8 Å². The van der Waals surface area contributed by atoms with Gasteiger partial charge in [-0.05, 0) is 56.7 Å². The molecule has 134 valence electrons. The van der Waals surface area contributed by atoms with Crippen LogP contribution in [0.3, 0.4) is 0 Å². The number of aryl methyl sites for hydroxylation is 1. The molecular weight excluding hydrogens is 328 g/mol. The maximum atomic E-state index is 12.2. The standard InChI is InChI=1S/C18H26N2O3.ClH/c1-13-4-5-15(20-18(21)16-3-2-8-19-16)11-17(13)23-12-14-6-9-22-10-7-14;/h4-5,11,14,16,19H,2-3,6-10,12H2,1H3,(H,20,21);1H. The minimum atomic E-state index is -0.0667. The molecule has 2 N–H and O–H groups in total. The van der Waals surface area contributed by atoms with Crippen LogP contribution in [0.2, 0.25) is 0 Å². The van der Waals surface area contributed by atoms with Gasteiger partial charge in [0.2, 0.25) is 5.91 Å². The van der Waals surface area contributed by atoms with Crippen LogP contribution in [-0.2, 0) is 9.53 Å². The predicted octanol–water partition coefficient (Wildman–Crippen LogP) is 2.91. The summed E-state index contributed by atoms with van der Waals surface area (Å²) in [6.07, 6.45) is 4.09. The smallest absolute Gasteiger partial charge is 0.241 e. The van der Waals surface area contributed by atoms with Crippen LogP contribution in [0.5, 0.6) is 5.75 Å². The van der Waals surface area contributed by atoms with Gasteiger partial charge in [0.15, 0.2) is 0 Å². The van der Waals surface area contributed by atoms with Gasteiger partial charge in [-0.1, -0.05) is 6.07 Å². The van der Waals surface area contributed by atoms with Crippen LogP contribution in [0.15, 0.2) is 18.2 Å². The van der Waals surface area contributed by atoms with E-state index in [9.17, 15) is 4.79 Å². The fraction of sp³-hybridized carbons (Fsp3) is 0.611. The van der Waals surface area contributed by atoms with E-state index in [1.165, 1.54) is 0 Å². The minimum absolute atomic E-state index is 0. The van der Waals surface area contributed by atoms with E-state index in [1.807, 2.05) is 25.1 Å². The summed E-state index contributed by atoms with van der Waals surface area (Å²) in [5.41, 5.74) is 1.89. The summed E-state index contributed by atoms with van der Waals surface area (Å²) in [6.45, 7) is 5.33. The van der Waals surface area contributed by atoms with Gasteiger partial charge in [-0.2, -0.15) is 0 Å². The molecule has 2 saturated heterocycles. The fourth-order valence-electron chi connectivity index (χ4n) is 3.09. The third-order valence-electron chi connectivity index (χ3n) is 4.65. The number of hydrogen-bond donors (Lipinski definition) is 2. The second-order valence-electron chi connectivity index (χ2n) is 6.49. The average molecular weight is 355 g/mol. The van der Waals surface area contributed by atoms with E-state index in [0.29, 0.717) is 12.5 Å². The number of benzene rings is 1. The van der Waals surface area contributed by atoms with Crippen LogP contribution in [0.25, 0.3) is 0 Å². The van der Waals surface area contributed by atoms with Crippen LogP contribution in [-0.4, -0.2) is 38.3 Å². The van der Waals surface area contributed by atoms with E-state index in [-0.39, 0.29) is 24.4 Å². The molecule has 2 fully saturated rings. The Hall–Kier alpha value is -1.30. The Labute approximate surface area is 149 Å². The molecule has 0 bridgehead atoms. The number of anilines is 1. The van der Waals surface area contributed by atoms with Gasteiger partial charge >= 0.3 is 0 Å². The largest absolute Gasteiger partial charge is 0.493 e. The number of carbonyl (C=O) groups excluding carboxylic acids is 1. The van der Waals surface area contributed by atoms with Gasteiger partial charge in [0, 0.05) is 25.0 Å². The molecule has 6 heteroatoms. The molecule has 2 heterocycles. The van der Waals surface area contributed by atoms with Gasteiger partial charge in [-0.15, -0.1) is 12.4 Å². The lowest BCUT2D eigenvalue weighted by Gasteiger charge is -2.22. The topological polar surface area (TPSA) is 59.6 Å². The summed E-state index contributed by atoms with van der Waals surface area (Å²) in [5.74, 6) is 1.46. The molecule has 0 aliphatic carbocycles. The number of hydrogen-bond acceptors (Lipinski definition) is 4. The summed E-state index contributed by atoms with van der Waals surface area (Å²) >= 11 is 0. The third kappa shape index (κ3) is 5.10. The molecule has 24 heavy (non-hydrogen) atoms. The van der Waals surface area contributed by atoms with Gasteiger partial charge in [0.05, 0.1) is 12.6 Å². The van der Waals surface area contributed by atoms with Crippen LogP contribution in [0.1, 0.15) is 31.2 Å². The predicted molar refractivity (Wildman–Crippen MR) is 97.1 cm³/mol. The lowest BCUT2D eigenvalue weighted by molar-refractivity contribution is -0.117. The van der Waals surface area contributed by atoms with Crippen molar-refractivity contribution in [1.29, 1.82) is 0 Å². The Balaban J connectivity index is 0.00000208. The van der Waals surface area contributed by atoms with E-state index in [0.717, 1.165) is 62.4 Å². The summed E-state index contributed by atoms with van der Waals surface area (Å²) in [4.78, 5) is 12.2. The highest BCUT2D eigenvalue weighted by Gasteiger charge is 2.22. The number of nitrogens with one attached hydrogen (secondary N) is 2. The number of carbonyl (C=O) groups is 1. The van der Waals surface area contributed by atoms with Crippen LogP contribution >= 0.6 is 12.4 Å². The van der Waals surface area contributed by atoms with Crippen molar-refractivity contribution in [3.63, 3.8) is 0 Å². The van der Waals surface area contributed by atoms with Gasteiger partial charge in [-0.3, -0.25) is 4.79 Å². The zero-order valence-corrected chi connectivity index (χ0v) is 15.0. The van der Waals surface area contributed by atoms with Crippen molar-refractivity contribution in [3.05, 3.63) is 23.8 Å². The van der Waals surface area contributed by atoms with Crippen molar-refractivity contribution in [2.24, 2.45) is 5.92 Å². The molecule has 5 nitrogen and oxygen atoms in total. The number of ether oxygens (including phenoxy) is 2. The quantitative estimate of drug-likeness (QED) is 0.853. The molecule has 0 radical (unpaired) electrons. The first-order valence-corrected chi connectivity index (χ1v) is 8.58. The summed E-state index contributed by atoms with van der Waals surface area (Å²) in [5, 5.41) is 6.20. The van der Waals surface area contributed by atoms with Gasteiger partial charge in [0.1, 0.15) is 5.75 Å². The van der Waals surface area contributed by atoms with Crippen molar-refractivity contribution in [2.45, 2.75) is 38.6 Å². The zero-order chi connectivity index (χ0) is 16.1. The molecule has 1 aromatic carbocycles. The third-order valence-corrected chi connectivity index (χ3v) is 4.65. The molecule has 2 aliphatic heterocycles. The lowest BCUT2D eigenvalue weighted by atomic mass is 10.0. The molecule has 0 saturated carbocycles. The molecule has 3 rings (SSSR count). The highest BCUT2D eigenvalue weighted by molar-refractivity contribution is 5.95. The Morgan fingerprint density at radius 3 is 2.83 bits per heavy atom. The zero-order valence-electron chi connectivity index (χ0n) is 14.2. The second kappa shape index (κ2) is 9.25. The first kappa shape index (κ1) is 19.0. The molecule has 1 atom stereocenters. The Morgan fingerprint density at radius 1 is 1.33 bits per heavy atom. The van der Waals surface area contributed by atoms with Crippen LogP contribution < -0.4 is 15.4 Å². The molecule has 0 aromatic heterocycles. The molecular formula is C18H27ClN2O3. The first-order valence-electron chi connectivity index (χ1n) is 8.58. The first-order chi connectivity index (χ1) is 11.2. The maximum Gasteiger partial charge on any atom is 0.241 e. The summed E-state index contributed by atoms with van der Waals surface area (Å²) in [6, 6.07) is 5.80. The molecule has 0 spiro atoms. The highest BCUT2D eigenvalue weighted by atomic mass is 35.5.